The summed E-state index contributed by atoms with van der Waals surface area (Å²) in [5, 5.41) is 0.602. The molecule has 146 valence electrons. The molecule has 0 aromatic heterocycles. The van der Waals surface area contributed by atoms with Gasteiger partial charge >= 0.3 is 0 Å². The monoisotopic (exact) mass is 405 g/mol. The van der Waals surface area contributed by atoms with Crippen LogP contribution in [0.4, 0.5) is 0 Å². The van der Waals surface area contributed by atoms with Crippen LogP contribution in [0.15, 0.2) is 78.9 Å². The highest BCUT2D eigenvalue weighted by Crippen LogP contribution is 2.53. The Balaban J connectivity index is 1.64. The molecule has 2 aliphatic rings. The molecule has 1 fully saturated rings. The molecular formula is C24H20ClNO3. The zero-order chi connectivity index (χ0) is 19.8. The summed E-state index contributed by atoms with van der Waals surface area (Å²) in [5.74, 6) is 0.711. The molecule has 2 atom stereocenters. The third-order valence-electron chi connectivity index (χ3n) is 5.69. The Morgan fingerprint density at radius 1 is 1.03 bits per heavy atom. The molecule has 29 heavy (non-hydrogen) atoms. The first-order chi connectivity index (χ1) is 14.2. The number of hydrogen-bond acceptors (Lipinski definition) is 3. The fraction of sp³-hybridized carbons (Fsp3) is 0.208. The van der Waals surface area contributed by atoms with Crippen molar-refractivity contribution in [2.45, 2.75) is 18.2 Å². The number of hydrogen-bond donors (Lipinski definition) is 0. The fourth-order valence-electron chi connectivity index (χ4n) is 4.42. The van der Waals surface area contributed by atoms with E-state index >= 15 is 0 Å². The normalized spacial score (nSPS) is 22.7. The van der Waals surface area contributed by atoms with Crippen LogP contribution in [-0.4, -0.2) is 30.1 Å². The fourth-order valence-corrected chi connectivity index (χ4v) is 4.59. The van der Waals surface area contributed by atoms with Crippen LogP contribution in [-0.2, 0) is 21.7 Å². The van der Waals surface area contributed by atoms with Crippen LogP contribution in [0.1, 0.15) is 16.7 Å². The first kappa shape index (κ1) is 18.2. The first-order valence-electron chi connectivity index (χ1n) is 9.66. The minimum atomic E-state index is -0.760. The molecule has 1 saturated heterocycles. The Labute approximate surface area is 174 Å². The van der Waals surface area contributed by atoms with E-state index in [-0.39, 0.29) is 5.91 Å². The van der Waals surface area contributed by atoms with Gasteiger partial charge in [0.2, 0.25) is 0 Å². The Hall–Kier alpha value is -2.82. The second kappa shape index (κ2) is 7.21. The molecule has 5 rings (SSSR count). The molecule has 1 amide bonds. The van der Waals surface area contributed by atoms with E-state index in [1.807, 2.05) is 83.8 Å². The molecular weight excluding hydrogens is 386 g/mol. The number of carbonyl (C=O) groups is 1. The van der Waals surface area contributed by atoms with Crippen molar-refractivity contribution in [2.24, 2.45) is 0 Å². The minimum absolute atomic E-state index is 0.0267. The van der Waals surface area contributed by atoms with Gasteiger partial charge in [-0.15, -0.1) is 0 Å². The smallest absolute Gasteiger partial charge is 0.256 e. The standard InChI is InChI=1S/C24H20ClNO3/c25-19-11-12-21-20(15-19)24(18-9-5-2-6-10-18)22(23(27)26(24)13-14-28-21)29-16-17-7-3-1-4-8-17/h1-12,15,22H,13-14,16H2/t22-,24-/m1/s1. The van der Waals surface area contributed by atoms with Crippen molar-refractivity contribution in [2.75, 3.05) is 13.2 Å². The lowest BCUT2D eigenvalue weighted by atomic mass is 9.69. The van der Waals surface area contributed by atoms with Crippen LogP contribution < -0.4 is 4.74 Å². The van der Waals surface area contributed by atoms with E-state index in [4.69, 9.17) is 21.1 Å². The van der Waals surface area contributed by atoms with Crippen molar-refractivity contribution < 1.29 is 14.3 Å². The lowest BCUT2D eigenvalue weighted by Crippen LogP contribution is -2.73. The van der Waals surface area contributed by atoms with Crippen LogP contribution in [0.25, 0.3) is 0 Å². The molecule has 2 heterocycles. The molecule has 5 heteroatoms. The minimum Gasteiger partial charge on any atom is -0.491 e. The van der Waals surface area contributed by atoms with Crippen LogP contribution >= 0.6 is 11.6 Å². The van der Waals surface area contributed by atoms with Gasteiger partial charge in [0.25, 0.3) is 5.91 Å². The van der Waals surface area contributed by atoms with E-state index in [1.165, 1.54) is 0 Å². The number of rotatable bonds is 4. The highest BCUT2D eigenvalue weighted by molar-refractivity contribution is 6.30. The van der Waals surface area contributed by atoms with Gasteiger partial charge in [0.1, 0.15) is 17.9 Å². The first-order valence-corrected chi connectivity index (χ1v) is 10.0. The zero-order valence-corrected chi connectivity index (χ0v) is 16.5. The van der Waals surface area contributed by atoms with Gasteiger partial charge in [-0.1, -0.05) is 72.3 Å². The van der Waals surface area contributed by atoms with Crippen molar-refractivity contribution >= 4 is 17.5 Å². The number of halogens is 1. The second-order valence-corrected chi connectivity index (χ2v) is 7.72. The largest absolute Gasteiger partial charge is 0.491 e. The molecule has 0 spiro atoms. The van der Waals surface area contributed by atoms with Gasteiger partial charge in [-0.3, -0.25) is 4.79 Å². The number of β-lactam (4-membered cyclic amide) rings is 1. The lowest BCUT2D eigenvalue weighted by Gasteiger charge is -2.56. The number of ether oxygens (including phenoxy) is 2. The Kier molecular flexibility index (Phi) is 4.53. The SMILES string of the molecule is O=C1[C@@H](OCc2ccccc2)[C@@]2(c3ccccc3)c3cc(Cl)ccc3OCCN12. The molecule has 3 aromatic carbocycles. The second-order valence-electron chi connectivity index (χ2n) is 7.29. The average molecular weight is 406 g/mol. The van der Waals surface area contributed by atoms with Gasteiger partial charge in [-0.05, 0) is 29.3 Å². The lowest BCUT2D eigenvalue weighted by molar-refractivity contribution is -0.191. The third-order valence-corrected chi connectivity index (χ3v) is 5.93. The van der Waals surface area contributed by atoms with Gasteiger partial charge in [-0.2, -0.15) is 0 Å². The summed E-state index contributed by atoms with van der Waals surface area (Å²) in [6, 6.07) is 25.5. The number of nitrogens with zero attached hydrogens (tertiary/aromatic N) is 1. The van der Waals surface area contributed by atoms with Gasteiger partial charge < -0.3 is 14.4 Å². The molecule has 0 N–H and O–H groups in total. The van der Waals surface area contributed by atoms with E-state index in [0.29, 0.717) is 24.8 Å². The molecule has 2 aliphatic heterocycles. The summed E-state index contributed by atoms with van der Waals surface area (Å²) >= 11 is 6.37. The molecule has 0 bridgehead atoms. The van der Waals surface area contributed by atoms with Crippen LogP contribution in [0.2, 0.25) is 5.02 Å². The van der Waals surface area contributed by atoms with Crippen molar-refractivity contribution in [1.29, 1.82) is 0 Å². The summed E-state index contributed by atoms with van der Waals surface area (Å²) in [7, 11) is 0. The van der Waals surface area contributed by atoms with Crippen LogP contribution in [0.3, 0.4) is 0 Å². The van der Waals surface area contributed by atoms with Crippen LogP contribution in [0, 0.1) is 0 Å². The third kappa shape index (κ3) is 2.83. The van der Waals surface area contributed by atoms with E-state index in [0.717, 1.165) is 22.4 Å². The molecule has 3 aromatic rings. The van der Waals surface area contributed by atoms with E-state index in [9.17, 15) is 4.79 Å². The predicted octanol–water partition coefficient (Wildman–Crippen LogP) is 4.40. The number of amides is 1. The molecule has 0 aliphatic carbocycles. The van der Waals surface area contributed by atoms with Crippen LogP contribution in [0.5, 0.6) is 5.75 Å². The van der Waals surface area contributed by atoms with Gasteiger partial charge in [-0.25, -0.2) is 0 Å². The molecule has 0 saturated carbocycles. The zero-order valence-electron chi connectivity index (χ0n) is 15.8. The Bertz CT molecular complexity index is 1040. The summed E-state index contributed by atoms with van der Waals surface area (Å²) in [5.41, 5.74) is 2.13. The maximum atomic E-state index is 13.2. The van der Waals surface area contributed by atoms with Gasteiger partial charge in [0.15, 0.2) is 6.10 Å². The molecule has 0 radical (unpaired) electrons. The van der Waals surface area contributed by atoms with Crippen molar-refractivity contribution in [1.82, 2.24) is 4.90 Å². The topological polar surface area (TPSA) is 38.8 Å². The highest BCUT2D eigenvalue weighted by atomic mass is 35.5. The molecule has 4 nitrogen and oxygen atoms in total. The van der Waals surface area contributed by atoms with Gasteiger partial charge in [0.05, 0.1) is 13.2 Å². The summed E-state index contributed by atoms with van der Waals surface area (Å²) in [6.07, 6.45) is -0.649. The Morgan fingerprint density at radius 2 is 1.76 bits per heavy atom. The maximum absolute atomic E-state index is 13.2. The highest BCUT2D eigenvalue weighted by Gasteiger charge is 2.64. The summed E-state index contributed by atoms with van der Waals surface area (Å²) in [4.78, 5) is 15.0. The van der Waals surface area contributed by atoms with E-state index in [1.54, 1.807) is 0 Å². The number of carbonyl (C=O) groups excluding carboxylic acids is 1. The average Bonchev–Trinajstić information content (AvgIpc) is 2.90. The summed E-state index contributed by atoms with van der Waals surface area (Å²) in [6.45, 7) is 1.28. The number of fused-ring (bicyclic) bond motifs is 3. The predicted molar refractivity (Wildman–Crippen MR) is 111 cm³/mol. The van der Waals surface area contributed by atoms with Crippen molar-refractivity contribution in [3.63, 3.8) is 0 Å². The van der Waals surface area contributed by atoms with Crippen molar-refractivity contribution in [3.8, 4) is 5.75 Å². The quantitative estimate of drug-likeness (QED) is 0.604. The van der Waals surface area contributed by atoms with Gasteiger partial charge in [0, 0.05) is 10.6 Å². The Morgan fingerprint density at radius 3 is 2.52 bits per heavy atom. The maximum Gasteiger partial charge on any atom is 0.256 e. The van der Waals surface area contributed by atoms with E-state index < -0.39 is 11.6 Å². The number of benzene rings is 3. The van der Waals surface area contributed by atoms with E-state index in [2.05, 4.69) is 0 Å². The molecule has 0 unspecified atom stereocenters. The summed E-state index contributed by atoms with van der Waals surface area (Å²) < 4.78 is 12.2. The van der Waals surface area contributed by atoms with Crippen molar-refractivity contribution in [3.05, 3.63) is 101 Å².